The summed E-state index contributed by atoms with van der Waals surface area (Å²) in [5, 5.41) is 0. The van der Waals surface area contributed by atoms with Gasteiger partial charge < -0.3 is 0 Å². The van der Waals surface area contributed by atoms with Gasteiger partial charge in [-0.3, -0.25) is 4.79 Å². The molecule has 0 saturated heterocycles. The van der Waals surface area contributed by atoms with E-state index in [0.29, 0.717) is 5.78 Å². The van der Waals surface area contributed by atoms with Crippen LogP contribution >= 0.6 is 0 Å². The number of unbranched alkanes of at least 4 members (excludes halogenated alkanes) is 1. The lowest BCUT2D eigenvalue weighted by Crippen LogP contribution is -2.22. The average Bonchev–Trinajstić information content (AvgIpc) is 2.48. The predicted octanol–water partition coefficient (Wildman–Crippen LogP) is 5.48. The van der Waals surface area contributed by atoms with Crippen molar-refractivity contribution in [2.24, 2.45) is 11.8 Å². The van der Waals surface area contributed by atoms with Crippen molar-refractivity contribution in [3.8, 4) is 0 Å². The minimum absolute atomic E-state index is 0.272. The van der Waals surface area contributed by atoms with Gasteiger partial charge in [0.1, 0.15) is 0 Å². The predicted molar refractivity (Wildman–Crippen MR) is 85.2 cm³/mol. The maximum Gasteiger partial charge on any atom is 0.166 e. The van der Waals surface area contributed by atoms with E-state index in [1.165, 1.54) is 43.2 Å². The van der Waals surface area contributed by atoms with Crippen molar-refractivity contribution in [1.29, 1.82) is 0 Å². The van der Waals surface area contributed by atoms with Crippen molar-refractivity contribution in [3.63, 3.8) is 0 Å². The van der Waals surface area contributed by atoms with Gasteiger partial charge in [0.2, 0.25) is 0 Å². The normalized spacial score (nSPS) is 22.8. The minimum Gasteiger partial charge on any atom is -0.294 e. The molecular weight excluding hydrogens is 244 g/mol. The van der Waals surface area contributed by atoms with E-state index in [1.54, 1.807) is 0 Å². The summed E-state index contributed by atoms with van der Waals surface area (Å²) in [5.74, 6) is 1.53. The lowest BCUT2D eigenvalue weighted by Gasteiger charge is -2.28. The lowest BCUT2D eigenvalue weighted by molar-refractivity contribution is 0.0868. The molecule has 2 rings (SSSR count). The molecule has 1 heteroatoms. The van der Waals surface area contributed by atoms with Crippen molar-refractivity contribution in [3.05, 3.63) is 34.9 Å². The Kier molecular flexibility index (Phi) is 5.39. The topological polar surface area (TPSA) is 17.1 Å². The van der Waals surface area contributed by atoms with Crippen LogP contribution in [0, 0.1) is 25.7 Å². The van der Waals surface area contributed by atoms with E-state index in [4.69, 9.17) is 0 Å². The smallest absolute Gasteiger partial charge is 0.166 e. The standard InChI is InChI=1S/C19H28O/c1-4-5-8-16-10-12-17(13-11-16)19(20)18-9-6-7-14(2)15(18)3/h6-7,9,16-17H,4-5,8,10-13H2,1-3H3. The van der Waals surface area contributed by atoms with Crippen LogP contribution in [0.25, 0.3) is 0 Å². The summed E-state index contributed by atoms with van der Waals surface area (Å²) in [6.45, 7) is 6.43. The van der Waals surface area contributed by atoms with Gasteiger partial charge >= 0.3 is 0 Å². The summed E-state index contributed by atoms with van der Waals surface area (Å²) in [7, 11) is 0. The van der Waals surface area contributed by atoms with Gasteiger partial charge in [-0.05, 0) is 56.6 Å². The third-order valence-corrected chi connectivity index (χ3v) is 5.05. The molecule has 0 aromatic heterocycles. The van der Waals surface area contributed by atoms with Gasteiger partial charge in [-0.25, -0.2) is 0 Å². The van der Waals surface area contributed by atoms with E-state index in [9.17, 15) is 4.79 Å². The second-order valence-corrected chi connectivity index (χ2v) is 6.47. The van der Waals surface area contributed by atoms with Crippen LogP contribution in [0.1, 0.15) is 73.4 Å². The zero-order chi connectivity index (χ0) is 14.5. The van der Waals surface area contributed by atoms with Crippen LogP contribution in [0.3, 0.4) is 0 Å². The summed E-state index contributed by atoms with van der Waals surface area (Å²) in [5.41, 5.74) is 3.36. The van der Waals surface area contributed by atoms with Crippen molar-refractivity contribution < 1.29 is 4.79 Å². The number of rotatable bonds is 5. The fourth-order valence-corrected chi connectivity index (χ4v) is 3.44. The molecule has 0 radical (unpaired) electrons. The van der Waals surface area contributed by atoms with E-state index < -0.39 is 0 Å². The number of hydrogen-bond acceptors (Lipinski definition) is 1. The summed E-state index contributed by atoms with van der Waals surface area (Å²) >= 11 is 0. The third kappa shape index (κ3) is 3.50. The number of ketones is 1. The quantitative estimate of drug-likeness (QED) is 0.648. The number of benzene rings is 1. The molecule has 0 N–H and O–H groups in total. The number of Topliss-reactive ketones (excluding diaryl/α,β-unsaturated/α-hetero) is 1. The number of hydrogen-bond donors (Lipinski definition) is 0. The van der Waals surface area contributed by atoms with Crippen molar-refractivity contribution in [2.45, 2.75) is 65.7 Å². The molecule has 0 spiro atoms. The molecule has 1 fully saturated rings. The van der Waals surface area contributed by atoms with Crippen molar-refractivity contribution >= 4 is 5.78 Å². The lowest BCUT2D eigenvalue weighted by atomic mass is 9.76. The molecule has 1 aliphatic rings. The molecule has 0 bridgehead atoms. The molecule has 1 aromatic rings. The summed E-state index contributed by atoms with van der Waals surface area (Å²) in [4.78, 5) is 12.7. The largest absolute Gasteiger partial charge is 0.294 e. The fourth-order valence-electron chi connectivity index (χ4n) is 3.44. The average molecular weight is 272 g/mol. The summed E-state index contributed by atoms with van der Waals surface area (Å²) in [6.07, 6.45) is 8.70. The van der Waals surface area contributed by atoms with E-state index in [0.717, 1.165) is 24.3 Å². The molecule has 0 amide bonds. The Morgan fingerprint density at radius 3 is 2.50 bits per heavy atom. The molecule has 0 atom stereocenters. The van der Waals surface area contributed by atoms with Gasteiger partial charge in [0.25, 0.3) is 0 Å². The first-order valence-corrected chi connectivity index (χ1v) is 8.24. The maximum atomic E-state index is 12.7. The van der Waals surface area contributed by atoms with Crippen LogP contribution in [0.4, 0.5) is 0 Å². The van der Waals surface area contributed by atoms with Crippen LogP contribution in [-0.2, 0) is 0 Å². The SMILES string of the molecule is CCCCC1CCC(C(=O)c2cccc(C)c2C)CC1. The van der Waals surface area contributed by atoms with Gasteiger partial charge in [-0.1, -0.05) is 44.4 Å². The Labute approximate surface area is 123 Å². The molecule has 0 unspecified atom stereocenters. The van der Waals surface area contributed by atoms with Crippen molar-refractivity contribution in [1.82, 2.24) is 0 Å². The van der Waals surface area contributed by atoms with E-state index in [-0.39, 0.29) is 5.92 Å². The molecule has 0 aliphatic heterocycles. The van der Waals surface area contributed by atoms with Crippen LogP contribution in [0.2, 0.25) is 0 Å². The highest BCUT2D eigenvalue weighted by atomic mass is 16.1. The molecule has 1 aromatic carbocycles. The fraction of sp³-hybridized carbons (Fsp3) is 0.632. The Morgan fingerprint density at radius 1 is 1.15 bits per heavy atom. The maximum absolute atomic E-state index is 12.7. The van der Waals surface area contributed by atoms with E-state index in [1.807, 2.05) is 12.1 Å². The second kappa shape index (κ2) is 7.06. The Balaban J connectivity index is 1.96. The van der Waals surface area contributed by atoms with E-state index >= 15 is 0 Å². The van der Waals surface area contributed by atoms with Gasteiger partial charge in [0.05, 0.1) is 0 Å². The first kappa shape index (κ1) is 15.3. The van der Waals surface area contributed by atoms with Crippen LogP contribution in [0.5, 0.6) is 0 Å². The van der Waals surface area contributed by atoms with Gasteiger partial charge in [0.15, 0.2) is 5.78 Å². The monoisotopic (exact) mass is 272 g/mol. The molecular formula is C19H28O. The first-order valence-electron chi connectivity index (χ1n) is 8.24. The van der Waals surface area contributed by atoms with Gasteiger partial charge in [-0.15, -0.1) is 0 Å². The van der Waals surface area contributed by atoms with E-state index in [2.05, 4.69) is 26.8 Å². The van der Waals surface area contributed by atoms with Crippen LogP contribution in [-0.4, -0.2) is 5.78 Å². The molecule has 20 heavy (non-hydrogen) atoms. The highest BCUT2D eigenvalue weighted by Crippen LogP contribution is 2.34. The summed E-state index contributed by atoms with van der Waals surface area (Å²) in [6, 6.07) is 6.12. The van der Waals surface area contributed by atoms with Crippen LogP contribution < -0.4 is 0 Å². The Hall–Kier alpha value is -1.11. The highest BCUT2D eigenvalue weighted by Gasteiger charge is 2.27. The minimum atomic E-state index is 0.272. The zero-order valence-electron chi connectivity index (χ0n) is 13.2. The van der Waals surface area contributed by atoms with Crippen LogP contribution in [0.15, 0.2) is 18.2 Å². The highest BCUT2D eigenvalue weighted by molar-refractivity contribution is 5.99. The Bertz CT molecular complexity index is 453. The summed E-state index contributed by atoms with van der Waals surface area (Å²) < 4.78 is 0. The van der Waals surface area contributed by atoms with Gasteiger partial charge in [-0.2, -0.15) is 0 Å². The number of carbonyl (C=O) groups excluding carboxylic acids is 1. The Morgan fingerprint density at radius 2 is 1.85 bits per heavy atom. The number of aryl methyl sites for hydroxylation is 1. The second-order valence-electron chi connectivity index (χ2n) is 6.47. The van der Waals surface area contributed by atoms with Gasteiger partial charge in [0, 0.05) is 11.5 Å². The molecule has 1 saturated carbocycles. The number of carbonyl (C=O) groups is 1. The molecule has 1 aliphatic carbocycles. The first-order chi connectivity index (χ1) is 9.63. The molecule has 0 heterocycles. The third-order valence-electron chi connectivity index (χ3n) is 5.05. The molecule has 1 nitrogen and oxygen atoms in total. The van der Waals surface area contributed by atoms with Crippen molar-refractivity contribution in [2.75, 3.05) is 0 Å². The zero-order valence-corrected chi connectivity index (χ0v) is 13.2. The molecule has 110 valence electrons.